The maximum absolute atomic E-state index is 11.0. The summed E-state index contributed by atoms with van der Waals surface area (Å²) >= 11 is 0. The van der Waals surface area contributed by atoms with Crippen molar-refractivity contribution in [3.05, 3.63) is 0 Å². The van der Waals surface area contributed by atoms with Gasteiger partial charge in [-0.05, 0) is 38.3 Å². The molecule has 4 nitrogen and oxygen atoms in total. The monoisotopic (exact) mass is 241 g/mol. The number of amides is 1. The third-order valence-corrected chi connectivity index (χ3v) is 3.80. The lowest BCUT2D eigenvalue weighted by Gasteiger charge is -2.28. The lowest BCUT2D eigenvalue weighted by Crippen LogP contribution is -2.43. The van der Waals surface area contributed by atoms with Gasteiger partial charge in [-0.3, -0.25) is 9.69 Å². The summed E-state index contributed by atoms with van der Waals surface area (Å²) in [5.41, 5.74) is 11.0. The number of likely N-dealkylation sites (tertiary alicyclic amines) is 1. The minimum absolute atomic E-state index is 0.146. The van der Waals surface area contributed by atoms with Crippen LogP contribution in [-0.4, -0.2) is 36.5 Å². The fourth-order valence-electron chi connectivity index (χ4n) is 2.84. The van der Waals surface area contributed by atoms with Gasteiger partial charge in [0.15, 0.2) is 0 Å². The van der Waals surface area contributed by atoms with Crippen molar-refractivity contribution in [2.24, 2.45) is 17.4 Å². The molecule has 1 amide bonds. The average Bonchev–Trinajstić information content (AvgIpc) is 2.52. The van der Waals surface area contributed by atoms with Crippen molar-refractivity contribution in [3.8, 4) is 0 Å². The molecule has 0 saturated carbocycles. The Balaban J connectivity index is 2.45. The van der Waals surface area contributed by atoms with Crippen molar-refractivity contribution in [2.75, 3.05) is 19.6 Å². The van der Waals surface area contributed by atoms with E-state index in [1.165, 1.54) is 32.1 Å². The Bertz CT molecular complexity index is 233. The van der Waals surface area contributed by atoms with Crippen molar-refractivity contribution in [1.29, 1.82) is 0 Å². The molecule has 1 fully saturated rings. The molecule has 2 atom stereocenters. The quantitative estimate of drug-likeness (QED) is 0.731. The van der Waals surface area contributed by atoms with Crippen LogP contribution in [0.15, 0.2) is 0 Å². The zero-order valence-corrected chi connectivity index (χ0v) is 11.0. The minimum atomic E-state index is -0.241. The van der Waals surface area contributed by atoms with E-state index in [1.807, 2.05) is 0 Å². The topological polar surface area (TPSA) is 72.3 Å². The van der Waals surface area contributed by atoms with E-state index in [2.05, 4.69) is 11.8 Å². The van der Waals surface area contributed by atoms with Crippen LogP contribution in [0.3, 0.4) is 0 Å². The van der Waals surface area contributed by atoms with E-state index >= 15 is 0 Å². The van der Waals surface area contributed by atoms with Crippen LogP contribution in [0.1, 0.15) is 45.4 Å². The molecule has 1 saturated heterocycles. The molecule has 0 aromatic rings. The summed E-state index contributed by atoms with van der Waals surface area (Å²) in [6, 6.07) is 0.146. The molecule has 0 bridgehead atoms. The zero-order chi connectivity index (χ0) is 12.7. The normalized spacial score (nSPS) is 24.2. The summed E-state index contributed by atoms with van der Waals surface area (Å²) in [5, 5.41) is 0. The van der Waals surface area contributed by atoms with Gasteiger partial charge in [0.2, 0.25) is 5.91 Å². The van der Waals surface area contributed by atoms with Crippen LogP contribution < -0.4 is 11.5 Å². The second kappa shape index (κ2) is 7.67. The first-order chi connectivity index (χ1) is 8.17. The molecule has 1 aliphatic heterocycles. The van der Waals surface area contributed by atoms with Crippen LogP contribution in [-0.2, 0) is 4.79 Å². The summed E-state index contributed by atoms with van der Waals surface area (Å²) < 4.78 is 0. The predicted molar refractivity (Wildman–Crippen MR) is 70.5 cm³/mol. The summed E-state index contributed by atoms with van der Waals surface area (Å²) in [6.07, 6.45) is 6.78. The van der Waals surface area contributed by atoms with Crippen LogP contribution in [0.25, 0.3) is 0 Å². The number of rotatable bonds is 6. The van der Waals surface area contributed by atoms with E-state index < -0.39 is 0 Å². The number of hydrogen-bond donors (Lipinski definition) is 2. The first kappa shape index (κ1) is 14.5. The molecule has 1 rings (SSSR count). The van der Waals surface area contributed by atoms with Crippen molar-refractivity contribution in [2.45, 2.75) is 51.5 Å². The lowest BCUT2D eigenvalue weighted by molar-refractivity contribution is -0.119. The van der Waals surface area contributed by atoms with Gasteiger partial charge in [0.25, 0.3) is 0 Å². The smallest absolute Gasteiger partial charge is 0.219 e. The van der Waals surface area contributed by atoms with E-state index in [0.717, 1.165) is 19.0 Å². The maximum Gasteiger partial charge on any atom is 0.219 e. The highest BCUT2D eigenvalue weighted by Gasteiger charge is 2.23. The molecule has 2 unspecified atom stereocenters. The molecule has 4 heteroatoms. The number of hydrogen-bond acceptors (Lipinski definition) is 3. The van der Waals surface area contributed by atoms with Crippen LogP contribution in [0.5, 0.6) is 0 Å². The molecule has 0 aromatic heterocycles. The van der Waals surface area contributed by atoms with Gasteiger partial charge in [0, 0.05) is 19.0 Å². The van der Waals surface area contributed by atoms with Crippen LogP contribution in [0, 0.1) is 5.92 Å². The van der Waals surface area contributed by atoms with Crippen molar-refractivity contribution in [3.63, 3.8) is 0 Å². The van der Waals surface area contributed by atoms with E-state index in [9.17, 15) is 4.79 Å². The number of carbonyl (C=O) groups is 1. The highest BCUT2D eigenvalue weighted by atomic mass is 16.1. The van der Waals surface area contributed by atoms with Crippen LogP contribution in [0.4, 0.5) is 0 Å². The number of carbonyl (C=O) groups excluding carboxylic acids is 1. The SMILES string of the molecule is CCCC1CCCN(C(CN)CC(N)=O)CC1. The van der Waals surface area contributed by atoms with E-state index in [0.29, 0.717) is 13.0 Å². The predicted octanol–water partition coefficient (Wildman–Crippen LogP) is 1.09. The highest BCUT2D eigenvalue weighted by Crippen LogP contribution is 2.23. The standard InChI is InChI=1S/C13H27N3O/c1-2-4-11-5-3-7-16(8-6-11)12(10-14)9-13(15)17/h11-12H,2-10,14H2,1H3,(H2,15,17). The molecule has 1 aliphatic rings. The molecule has 17 heavy (non-hydrogen) atoms. The average molecular weight is 241 g/mol. The van der Waals surface area contributed by atoms with Crippen molar-refractivity contribution in [1.82, 2.24) is 4.90 Å². The number of nitrogens with two attached hydrogens (primary N) is 2. The molecule has 100 valence electrons. The van der Waals surface area contributed by atoms with Gasteiger partial charge in [0.05, 0.1) is 0 Å². The Morgan fingerprint density at radius 3 is 2.76 bits per heavy atom. The minimum Gasteiger partial charge on any atom is -0.370 e. The second-order valence-corrected chi connectivity index (χ2v) is 5.18. The molecule has 0 spiro atoms. The van der Waals surface area contributed by atoms with E-state index in [4.69, 9.17) is 11.5 Å². The van der Waals surface area contributed by atoms with Crippen LogP contribution in [0.2, 0.25) is 0 Å². The molecule has 0 aliphatic carbocycles. The first-order valence-corrected chi connectivity index (χ1v) is 6.89. The fraction of sp³-hybridized carbons (Fsp3) is 0.923. The Labute approximate surface area is 105 Å². The zero-order valence-electron chi connectivity index (χ0n) is 11.0. The molecular weight excluding hydrogens is 214 g/mol. The molecule has 4 N–H and O–H groups in total. The van der Waals surface area contributed by atoms with E-state index in [1.54, 1.807) is 0 Å². The maximum atomic E-state index is 11.0. The van der Waals surface area contributed by atoms with Crippen molar-refractivity contribution < 1.29 is 4.79 Å². The Morgan fingerprint density at radius 2 is 2.18 bits per heavy atom. The largest absolute Gasteiger partial charge is 0.370 e. The first-order valence-electron chi connectivity index (χ1n) is 6.89. The molecular formula is C13H27N3O. The van der Waals surface area contributed by atoms with E-state index in [-0.39, 0.29) is 11.9 Å². The fourth-order valence-corrected chi connectivity index (χ4v) is 2.84. The van der Waals surface area contributed by atoms with Gasteiger partial charge < -0.3 is 11.5 Å². The van der Waals surface area contributed by atoms with Gasteiger partial charge in [-0.25, -0.2) is 0 Å². The Hall–Kier alpha value is -0.610. The molecule has 0 radical (unpaired) electrons. The Kier molecular flexibility index (Phi) is 6.52. The highest BCUT2D eigenvalue weighted by molar-refractivity contribution is 5.74. The second-order valence-electron chi connectivity index (χ2n) is 5.18. The molecule has 1 heterocycles. The number of nitrogens with zero attached hydrogens (tertiary/aromatic N) is 1. The Morgan fingerprint density at radius 1 is 1.41 bits per heavy atom. The molecule has 0 aromatic carbocycles. The van der Waals surface area contributed by atoms with Gasteiger partial charge in [0.1, 0.15) is 0 Å². The third kappa shape index (κ3) is 5.04. The van der Waals surface area contributed by atoms with Gasteiger partial charge in [-0.15, -0.1) is 0 Å². The number of primary amides is 1. The third-order valence-electron chi connectivity index (χ3n) is 3.80. The van der Waals surface area contributed by atoms with Crippen molar-refractivity contribution >= 4 is 5.91 Å². The van der Waals surface area contributed by atoms with Gasteiger partial charge in [-0.1, -0.05) is 19.8 Å². The lowest BCUT2D eigenvalue weighted by atomic mass is 9.96. The summed E-state index contributed by atoms with van der Waals surface area (Å²) in [6.45, 7) is 4.91. The van der Waals surface area contributed by atoms with Crippen LogP contribution >= 0.6 is 0 Å². The summed E-state index contributed by atoms with van der Waals surface area (Å²) in [5.74, 6) is 0.617. The van der Waals surface area contributed by atoms with Gasteiger partial charge in [-0.2, -0.15) is 0 Å². The van der Waals surface area contributed by atoms with Gasteiger partial charge >= 0.3 is 0 Å². The summed E-state index contributed by atoms with van der Waals surface area (Å²) in [7, 11) is 0. The summed E-state index contributed by atoms with van der Waals surface area (Å²) in [4.78, 5) is 13.4.